The van der Waals surface area contributed by atoms with Gasteiger partial charge in [0.15, 0.2) is 5.69 Å². The number of hydrogen-bond donors (Lipinski definition) is 1. The molecule has 1 atom stereocenters. The second-order valence-corrected chi connectivity index (χ2v) is 10.9. The average Bonchev–Trinajstić information content (AvgIpc) is 3.38. The van der Waals surface area contributed by atoms with E-state index in [1.807, 2.05) is 81.4 Å². The summed E-state index contributed by atoms with van der Waals surface area (Å²) in [5, 5.41) is 18.8. The fourth-order valence-electron chi connectivity index (χ4n) is 4.90. The minimum absolute atomic E-state index is 0.0843. The standard InChI is InChI=1S/C31H33N5O4/c1-31(2,3)40-30(39)34-17-18-35(25(21-34)19-22-11-6-4-7-12-22)29(38)27-28(23-13-8-5-9-14-23)36(33-32-27)24-15-10-16-26(37)20-24/h4-16,20,25,37H,17-19,21H2,1-3H3/t25-/m1/s1. The molecule has 9 nitrogen and oxygen atoms in total. The van der Waals surface area contributed by atoms with Crippen LogP contribution in [0.15, 0.2) is 84.9 Å². The van der Waals surface area contributed by atoms with E-state index in [4.69, 9.17) is 4.74 Å². The Balaban J connectivity index is 1.51. The van der Waals surface area contributed by atoms with E-state index in [0.29, 0.717) is 37.4 Å². The fraction of sp³-hybridized carbons (Fsp3) is 0.290. The van der Waals surface area contributed by atoms with Gasteiger partial charge in [-0.3, -0.25) is 4.79 Å². The smallest absolute Gasteiger partial charge is 0.410 e. The number of carbonyl (C=O) groups excluding carboxylic acids is 2. The summed E-state index contributed by atoms with van der Waals surface area (Å²) in [7, 11) is 0. The maximum absolute atomic E-state index is 14.2. The van der Waals surface area contributed by atoms with E-state index >= 15 is 0 Å². The molecule has 1 aliphatic heterocycles. The maximum Gasteiger partial charge on any atom is 0.410 e. The molecule has 2 amide bonds. The number of benzene rings is 3. The highest BCUT2D eigenvalue weighted by Gasteiger charge is 2.37. The van der Waals surface area contributed by atoms with Crippen molar-refractivity contribution in [3.8, 4) is 22.7 Å². The van der Waals surface area contributed by atoms with Crippen LogP contribution in [0.2, 0.25) is 0 Å². The zero-order valence-electron chi connectivity index (χ0n) is 22.9. The van der Waals surface area contributed by atoms with Crippen molar-refractivity contribution in [2.45, 2.75) is 38.8 Å². The summed E-state index contributed by atoms with van der Waals surface area (Å²) in [6, 6.07) is 25.8. The van der Waals surface area contributed by atoms with Gasteiger partial charge in [0.05, 0.1) is 11.7 Å². The first kappa shape index (κ1) is 26.9. The molecule has 0 aliphatic carbocycles. The van der Waals surface area contributed by atoms with Gasteiger partial charge in [-0.15, -0.1) is 5.10 Å². The quantitative estimate of drug-likeness (QED) is 0.385. The molecule has 5 rings (SSSR count). The van der Waals surface area contributed by atoms with Gasteiger partial charge in [0.25, 0.3) is 5.91 Å². The van der Waals surface area contributed by atoms with Gasteiger partial charge in [-0.05, 0) is 44.9 Å². The average molecular weight is 540 g/mol. The highest BCUT2D eigenvalue weighted by molar-refractivity contribution is 5.98. The van der Waals surface area contributed by atoms with Crippen molar-refractivity contribution in [2.75, 3.05) is 19.6 Å². The van der Waals surface area contributed by atoms with Crippen molar-refractivity contribution >= 4 is 12.0 Å². The van der Waals surface area contributed by atoms with Crippen LogP contribution in [0.4, 0.5) is 4.79 Å². The Hall–Kier alpha value is -4.66. The lowest BCUT2D eigenvalue weighted by Crippen LogP contribution is -2.58. The van der Waals surface area contributed by atoms with Crippen molar-refractivity contribution in [2.24, 2.45) is 0 Å². The van der Waals surface area contributed by atoms with E-state index in [1.54, 1.807) is 38.7 Å². The summed E-state index contributed by atoms with van der Waals surface area (Å²) < 4.78 is 7.21. The fourth-order valence-corrected chi connectivity index (χ4v) is 4.90. The Morgan fingerprint density at radius 3 is 2.33 bits per heavy atom. The van der Waals surface area contributed by atoms with Crippen LogP contribution < -0.4 is 0 Å². The number of ether oxygens (including phenoxy) is 1. The predicted octanol–water partition coefficient (Wildman–Crippen LogP) is 4.94. The third-order valence-electron chi connectivity index (χ3n) is 6.70. The molecule has 0 spiro atoms. The number of piperazine rings is 1. The Morgan fingerprint density at radius 2 is 1.65 bits per heavy atom. The zero-order chi connectivity index (χ0) is 28.3. The molecule has 2 heterocycles. The number of phenols is 1. The highest BCUT2D eigenvalue weighted by atomic mass is 16.6. The van der Waals surface area contributed by atoms with Crippen molar-refractivity contribution in [3.63, 3.8) is 0 Å². The van der Waals surface area contributed by atoms with Crippen LogP contribution in [0.3, 0.4) is 0 Å². The van der Waals surface area contributed by atoms with E-state index in [-0.39, 0.29) is 23.4 Å². The van der Waals surface area contributed by atoms with Gasteiger partial charge < -0.3 is 19.6 Å². The first-order valence-electron chi connectivity index (χ1n) is 13.3. The van der Waals surface area contributed by atoms with Crippen molar-refractivity contribution < 1.29 is 19.4 Å². The summed E-state index contributed by atoms with van der Waals surface area (Å²) in [5.41, 5.74) is 2.53. The lowest BCUT2D eigenvalue weighted by atomic mass is 10.0. The second kappa shape index (κ2) is 11.2. The molecule has 0 bridgehead atoms. The summed E-state index contributed by atoms with van der Waals surface area (Å²) in [4.78, 5) is 30.6. The predicted molar refractivity (Wildman–Crippen MR) is 151 cm³/mol. The first-order valence-corrected chi connectivity index (χ1v) is 13.3. The summed E-state index contributed by atoms with van der Waals surface area (Å²) in [6.07, 6.45) is 0.172. The van der Waals surface area contributed by atoms with Crippen molar-refractivity contribution in [3.05, 3.63) is 96.2 Å². The van der Waals surface area contributed by atoms with Gasteiger partial charge in [-0.1, -0.05) is 71.9 Å². The number of rotatable bonds is 5. The van der Waals surface area contributed by atoms with E-state index in [0.717, 1.165) is 11.1 Å². The number of aromatic nitrogens is 3. The van der Waals surface area contributed by atoms with Crippen LogP contribution >= 0.6 is 0 Å². The van der Waals surface area contributed by atoms with Crippen LogP contribution in [-0.4, -0.2) is 73.2 Å². The number of nitrogens with zero attached hydrogens (tertiary/aromatic N) is 5. The van der Waals surface area contributed by atoms with Crippen LogP contribution in [0.25, 0.3) is 16.9 Å². The molecule has 1 fully saturated rings. The van der Waals surface area contributed by atoms with Gasteiger partial charge in [-0.25, -0.2) is 9.48 Å². The van der Waals surface area contributed by atoms with Crippen LogP contribution in [0.5, 0.6) is 5.75 Å². The molecule has 40 heavy (non-hydrogen) atoms. The minimum atomic E-state index is -0.617. The Kier molecular flexibility index (Phi) is 7.55. The third-order valence-corrected chi connectivity index (χ3v) is 6.70. The third kappa shape index (κ3) is 5.98. The summed E-state index contributed by atoms with van der Waals surface area (Å²) in [6.45, 7) is 6.51. The van der Waals surface area contributed by atoms with E-state index in [9.17, 15) is 14.7 Å². The van der Waals surface area contributed by atoms with Crippen LogP contribution in [-0.2, 0) is 11.2 Å². The Bertz CT molecular complexity index is 1480. The summed E-state index contributed by atoms with van der Waals surface area (Å²) in [5.74, 6) is -0.184. The first-order chi connectivity index (χ1) is 19.2. The van der Waals surface area contributed by atoms with Gasteiger partial charge in [0, 0.05) is 31.3 Å². The molecule has 9 heteroatoms. The van der Waals surface area contributed by atoms with E-state index in [2.05, 4.69) is 10.3 Å². The molecule has 1 aliphatic rings. The number of carbonyl (C=O) groups is 2. The highest BCUT2D eigenvalue weighted by Crippen LogP contribution is 2.29. The minimum Gasteiger partial charge on any atom is -0.508 e. The van der Waals surface area contributed by atoms with Crippen molar-refractivity contribution in [1.82, 2.24) is 24.8 Å². The van der Waals surface area contributed by atoms with E-state index < -0.39 is 11.7 Å². The largest absolute Gasteiger partial charge is 0.508 e. The Morgan fingerprint density at radius 1 is 0.950 bits per heavy atom. The lowest BCUT2D eigenvalue weighted by molar-refractivity contribution is 0.00427. The maximum atomic E-state index is 14.2. The molecule has 0 radical (unpaired) electrons. The molecule has 0 saturated carbocycles. The van der Waals surface area contributed by atoms with Crippen LogP contribution in [0, 0.1) is 0 Å². The topological polar surface area (TPSA) is 101 Å². The Labute approximate surface area is 233 Å². The van der Waals surface area contributed by atoms with Crippen LogP contribution in [0.1, 0.15) is 36.8 Å². The number of aromatic hydroxyl groups is 1. The lowest BCUT2D eigenvalue weighted by Gasteiger charge is -2.41. The normalized spacial score (nSPS) is 15.6. The molecular formula is C31H33N5O4. The number of phenolic OH excluding ortho intramolecular Hbond substituents is 1. The molecule has 1 N–H and O–H groups in total. The van der Waals surface area contributed by atoms with Gasteiger partial charge >= 0.3 is 6.09 Å². The molecule has 1 saturated heterocycles. The number of hydrogen-bond acceptors (Lipinski definition) is 6. The SMILES string of the molecule is CC(C)(C)OC(=O)N1CCN(C(=O)c2nnn(-c3cccc(O)c3)c2-c2ccccc2)[C@H](Cc2ccccc2)C1. The molecule has 4 aromatic rings. The monoisotopic (exact) mass is 539 g/mol. The molecule has 1 aromatic heterocycles. The van der Waals surface area contributed by atoms with Gasteiger partial charge in [-0.2, -0.15) is 0 Å². The summed E-state index contributed by atoms with van der Waals surface area (Å²) >= 11 is 0. The van der Waals surface area contributed by atoms with Gasteiger partial charge in [0.2, 0.25) is 0 Å². The molecule has 206 valence electrons. The van der Waals surface area contributed by atoms with Gasteiger partial charge in [0.1, 0.15) is 17.0 Å². The second-order valence-electron chi connectivity index (χ2n) is 10.9. The molecular weight excluding hydrogens is 506 g/mol. The zero-order valence-corrected chi connectivity index (χ0v) is 22.9. The van der Waals surface area contributed by atoms with E-state index in [1.165, 1.54) is 0 Å². The van der Waals surface area contributed by atoms with Crippen molar-refractivity contribution in [1.29, 1.82) is 0 Å². The number of amides is 2. The molecule has 3 aromatic carbocycles. The molecule has 0 unspecified atom stereocenters.